The molecular weight excluding hydrogens is 384 g/mol. The highest BCUT2D eigenvalue weighted by molar-refractivity contribution is 7.17. The number of hydrogen-bond acceptors (Lipinski definition) is 3. The summed E-state index contributed by atoms with van der Waals surface area (Å²) in [7, 11) is 2.32. The molecule has 1 aliphatic heterocycles. The Balaban J connectivity index is 0.00000225. The third kappa shape index (κ3) is 5.15. The first kappa shape index (κ1) is 21.3. The number of hydrogen-bond donors (Lipinski definition) is 1. The largest absolute Gasteiger partial charge is 0.316 e. The Bertz CT molecular complexity index is 842. The van der Waals surface area contributed by atoms with Crippen LogP contribution in [0.25, 0.3) is 10.1 Å². The van der Waals surface area contributed by atoms with Gasteiger partial charge in [0.25, 0.3) is 0 Å². The van der Waals surface area contributed by atoms with Gasteiger partial charge in [-0.15, -0.1) is 23.7 Å². The fraction of sp³-hybridized carbons (Fsp3) is 0.417. The highest BCUT2D eigenvalue weighted by Crippen LogP contribution is 2.29. The molecule has 2 aromatic carbocycles. The Hall–Kier alpha value is -1.39. The first-order valence-electron chi connectivity index (χ1n) is 10.2. The second-order valence-corrected chi connectivity index (χ2v) is 8.78. The lowest BCUT2D eigenvalue weighted by Gasteiger charge is -2.37. The minimum atomic E-state index is 0. The van der Waals surface area contributed by atoms with Crippen LogP contribution in [0.2, 0.25) is 0 Å². The fourth-order valence-electron chi connectivity index (χ4n) is 4.54. The molecule has 0 spiro atoms. The smallest absolute Gasteiger partial charge is 0.0345 e. The Morgan fingerprint density at radius 2 is 1.89 bits per heavy atom. The predicted molar refractivity (Wildman–Crippen MR) is 125 cm³/mol. The lowest BCUT2D eigenvalue weighted by Crippen LogP contribution is -2.44. The zero-order valence-electron chi connectivity index (χ0n) is 16.6. The van der Waals surface area contributed by atoms with Crippen LogP contribution < -0.4 is 5.32 Å². The number of nitrogens with zero attached hydrogens (tertiary/aromatic N) is 1. The van der Waals surface area contributed by atoms with Crippen molar-refractivity contribution in [3.8, 4) is 0 Å². The Labute approximate surface area is 179 Å². The Morgan fingerprint density at radius 1 is 1.11 bits per heavy atom. The van der Waals surface area contributed by atoms with Gasteiger partial charge in [-0.25, -0.2) is 0 Å². The van der Waals surface area contributed by atoms with Crippen molar-refractivity contribution in [2.45, 2.75) is 38.3 Å². The molecule has 1 N–H and O–H groups in total. The van der Waals surface area contributed by atoms with Crippen LogP contribution in [0.4, 0.5) is 0 Å². The SMILES string of the molecule is CN(Cc1ccccc1)C(CCc1csc2ccccc12)C1CCCNC1.Cl. The summed E-state index contributed by atoms with van der Waals surface area (Å²) in [4.78, 5) is 2.60. The summed E-state index contributed by atoms with van der Waals surface area (Å²) in [5.41, 5.74) is 2.94. The second kappa shape index (κ2) is 10.4. The van der Waals surface area contributed by atoms with Gasteiger partial charge in [0.15, 0.2) is 0 Å². The third-order valence-electron chi connectivity index (χ3n) is 5.99. The summed E-state index contributed by atoms with van der Waals surface area (Å²) >= 11 is 1.89. The second-order valence-electron chi connectivity index (χ2n) is 7.87. The van der Waals surface area contributed by atoms with Gasteiger partial charge in [0.2, 0.25) is 0 Å². The maximum Gasteiger partial charge on any atom is 0.0345 e. The van der Waals surface area contributed by atoms with Crippen molar-refractivity contribution in [2.75, 3.05) is 20.1 Å². The summed E-state index contributed by atoms with van der Waals surface area (Å²) in [5.74, 6) is 0.748. The lowest BCUT2D eigenvalue weighted by atomic mass is 9.87. The molecule has 1 fully saturated rings. The third-order valence-corrected chi connectivity index (χ3v) is 7.00. The van der Waals surface area contributed by atoms with Gasteiger partial charge >= 0.3 is 0 Å². The monoisotopic (exact) mass is 414 g/mol. The van der Waals surface area contributed by atoms with Gasteiger partial charge in [-0.1, -0.05) is 48.5 Å². The molecule has 0 saturated carbocycles. The van der Waals surface area contributed by atoms with Crippen LogP contribution in [-0.4, -0.2) is 31.1 Å². The zero-order valence-corrected chi connectivity index (χ0v) is 18.3. The van der Waals surface area contributed by atoms with Crippen LogP contribution in [-0.2, 0) is 13.0 Å². The van der Waals surface area contributed by atoms with Crippen LogP contribution in [0.5, 0.6) is 0 Å². The molecule has 150 valence electrons. The maximum atomic E-state index is 3.63. The van der Waals surface area contributed by atoms with Crippen molar-refractivity contribution in [2.24, 2.45) is 5.92 Å². The minimum absolute atomic E-state index is 0. The van der Waals surface area contributed by atoms with Crippen LogP contribution in [0.15, 0.2) is 60.0 Å². The van der Waals surface area contributed by atoms with Crippen molar-refractivity contribution in [3.05, 3.63) is 71.1 Å². The standard InChI is InChI=1S/C24H30N2S.ClH/c1-26(17-19-8-3-2-4-9-19)23(20-10-7-15-25-16-20)14-13-21-18-27-24-12-6-5-11-22(21)24;/h2-6,8-9,11-12,18,20,23,25H,7,10,13-17H2,1H3;1H. The normalized spacial score (nSPS) is 18.1. The molecule has 3 aromatic rings. The average Bonchev–Trinajstić information content (AvgIpc) is 3.13. The molecule has 4 rings (SSSR count). The molecule has 4 heteroatoms. The molecule has 1 saturated heterocycles. The number of fused-ring (bicyclic) bond motifs is 1. The number of piperidine rings is 1. The number of benzene rings is 2. The quantitative estimate of drug-likeness (QED) is 0.529. The van der Waals surface area contributed by atoms with E-state index in [1.807, 2.05) is 11.3 Å². The van der Waals surface area contributed by atoms with Crippen LogP contribution in [0.3, 0.4) is 0 Å². The molecule has 0 amide bonds. The van der Waals surface area contributed by atoms with Crippen LogP contribution >= 0.6 is 23.7 Å². The van der Waals surface area contributed by atoms with Gasteiger partial charge in [0.05, 0.1) is 0 Å². The molecule has 0 bridgehead atoms. The van der Waals surface area contributed by atoms with E-state index in [-0.39, 0.29) is 12.4 Å². The number of nitrogens with one attached hydrogen (secondary N) is 1. The molecule has 2 nitrogen and oxygen atoms in total. The topological polar surface area (TPSA) is 15.3 Å². The first-order valence-corrected chi connectivity index (χ1v) is 11.1. The fourth-order valence-corrected chi connectivity index (χ4v) is 5.54. The molecule has 1 aliphatic rings. The Kier molecular flexibility index (Phi) is 7.92. The summed E-state index contributed by atoms with van der Waals surface area (Å²) in [6.45, 7) is 3.38. The van der Waals surface area contributed by atoms with Crippen molar-refractivity contribution < 1.29 is 0 Å². The van der Waals surface area contributed by atoms with Gasteiger partial charge in [0.1, 0.15) is 0 Å². The maximum absolute atomic E-state index is 3.63. The zero-order chi connectivity index (χ0) is 18.5. The molecule has 28 heavy (non-hydrogen) atoms. The molecular formula is C24H31ClN2S. The van der Waals surface area contributed by atoms with Crippen LogP contribution in [0.1, 0.15) is 30.4 Å². The number of aryl methyl sites for hydroxylation is 1. The summed E-state index contributed by atoms with van der Waals surface area (Å²) in [6.07, 6.45) is 5.06. The number of thiophene rings is 1. The van der Waals surface area contributed by atoms with E-state index in [2.05, 4.69) is 77.2 Å². The van der Waals surface area contributed by atoms with E-state index < -0.39 is 0 Å². The van der Waals surface area contributed by atoms with E-state index in [4.69, 9.17) is 0 Å². The van der Waals surface area contributed by atoms with Gasteiger partial charge < -0.3 is 5.32 Å². The van der Waals surface area contributed by atoms with Crippen molar-refractivity contribution in [3.63, 3.8) is 0 Å². The molecule has 1 aromatic heterocycles. The van der Waals surface area contributed by atoms with Gasteiger partial charge in [-0.05, 0) is 79.7 Å². The molecule has 2 heterocycles. The van der Waals surface area contributed by atoms with Gasteiger partial charge in [0, 0.05) is 17.3 Å². The van der Waals surface area contributed by atoms with E-state index in [0.717, 1.165) is 19.0 Å². The minimum Gasteiger partial charge on any atom is -0.316 e. The van der Waals surface area contributed by atoms with E-state index in [0.29, 0.717) is 6.04 Å². The highest BCUT2D eigenvalue weighted by Gasteiger charge is 2.27. The first-order chi connectivity index (χ1) is 13.3. The van der Waals surface area contributed by atoms with Gasteiger partial charge in [-0.2, -0.15) is 0 Å². The van der Waals surface area contributed by atoms with Crippen LogP contribution in [0, 0.1) is 5.92 Å². The number of rotatable bonds is 7. The van der Waals surface area contributed by atoms with E-state index in [1.54, 1.807) is 0 Å². The van der Waals surface area contributed by atoms with Crippen molar-refractivity contribution in [1.29, 1.82) is 0 Å². The summed E-state index contributed by atoms with van der Waals surface area (Å²) < 4.78 is 1.42. The molecule has 2 atom stereocenters. The van der Waals surface area contributed by atoms with E-state index in [1.165, 1.54) is 53.4 Å². The average molecular weight is 415 g/mol. The highest BCUT2D eigenvalue weighted by atomic mass is 35.5. The summed E-state index contributed by atoms with van der Waals surface area (Å²) in [6, 6.07) is 20.4. The predicted octanol–water partition coefficient (Wildman–Crippen LogP) is 5.76. The lowest BCUT2D eigenvalue weighted by molar-refractivity contribution is 0.137. The van der Waals surface area contributed by atoms with Crippen molar-refractivity contribution >= 4 is 33.8 Å². The molecule has 0 aliphatic carbocycles. The number of halogens is 1. The molecule has 0 radical (unpaired) electrons. The van der Waals surface area contributed by atoms with E-state index >= 15 is 0 Å². The molecule has 2 unspecified atom stereocenters. The Morgan fingerprint density at radius 3 is 2.68 bits per heavy atom. The summed E-state index contributed by atoms with van der Waals surface area (Å²) in [5, 5.41) is 7.46. The van der Waals surface area contributed by atoms with E-state index in [9.17, 15) is 0 Å². The van der Waals surface area contributed by atoms with Gasteiger partial charge in [-0.3, -0.25) is 4.90 Å². The van der Waals surface area contributed by atoms with Crippen molar-refractivity contribution in [1.82, 2.24) is 10.2 Å².